The topological polar surface area (TPSA) is 121 Å². The van der Waals surface area contributed by atoms with E-state index in [2.05, 4.69) is 35.8 Å². The standard InChI is InChI=1S/C23H36N4O5S2/c1-23(2)13-18-14-26(22(28)17-34(31,32)10-7-24)16-21(23)27(15-18)20-5-3-19(4-6-20)25-8-11-33(29,30)12-9-25/h3-6,18,21H,7-17,24H2,1-2H3/t18-,21-/m1/s1. The monoisotopic (exact) mass is 512 g/mol. The smallest absolute Gasteiger partial charge is 0.237 e. The quantitative estimate of drug-likeness (QED) is 0.580. The Morgan fingerprint density at radius 1 is 1.06 bits per heavy atom. The minimum Gasteiger partial charge on any atom is -0.369 e. The van der Waals surface area contributed by atoms with Crippen LogP contribution in [-0.4, -0.2) is 96.0 Å². The second-order valence-electron chi connectivity index (χ2n) is 10.6. The zero-order chi connectivity index (χ0) is 24.7. The van der Waals surface area contributed by atoms with Crippen molar-refractivity contribution in [1.29, 1.82) is 0 Å². The van der Waals surface area contributed by atoms with Crippen LogP contribution in [0.4, 0.5) is 11.4 Å². The Kier molecular flexibility index (Phi) is 6.91. The highest BCUT2D eigenvalue weighted by Gasteiger charge is 2.47. The molecule has 1 amide bonds. The van der Waals surface area contributed by atoms with Crippen molar-refractivity contribution in [2.24, 2.45) is 17.1 Å². The summed E-state index contributed by atoms with van der Waals surface area (Å²) in [7, 11) is -6.42. The number of hydrogen-bond acceptors (Lipinski definition) is 8. The predicted octanol–water partition coefficient (Wildman–Crippen LogP) is 0.358. The molecule has 190 valence electrons. The normalized spacial score (nSPS) is 26.4. The number of nitrogens with two attached hydrogens (primary N) is 1. The van der Waals surface area contributed by atoms with Crippen LogP contribution in [0, 0.1) is 11.3 Å². The number of carbonyl (C=O) groups excluding carboxylic acids is 1. The van der Waals surface area contributed by atoms with Gasteiger partial charge in [0.15, 0.2) is 19.7 Å². The van der Waals surface area contributed by atoms with E-state index in [0.29, 0.717) is 26.2 Å². The molecule has 0 radical (unpaired) electrons. The third-order valence-electron chi connectivity index (χ3n) is 7.44. The van der Waals surface area contributed by atoms with Crippen molar-refractivity contribution >= 4 is 37.0 Å². The van der Waals surface area contributed by atoms with E-state index >= 15 is 0 Å². The average molecular weight is 513 g/mol. The molecule has 2 bridgehead atoms. The van der Waals surface area contributed by atoms with Gasteiger partial charge >= 0.3 is 0 Å². The third kappa shape index (κ3) is 5.52. The number of benzene rings is 1. The number of nitrogens with zero attached hydrogens (tertiary/aromatic N) is 3. The Morgan fingerprint density at radius 3 is 2.29 bits per heavy atom. The van der Waals surface area contributed by atoms with E-state index in [4.69, 9.17) is 5.73 Å². The second kappa shape index (κ2) is 9.31. The molecule has 1 aromatic rings. The van der Waals surface area contributed by atoms with Crippen molar-refractivity contribution in [1.82, 2.24) is 4.90 Å². The van der Waals surface area contributed by atoms with Crippen LogP contribution in [-0.2, 0) is 24.5 Å². The summed E-state index contributed by atoms with van der Waals surface area (Å²) >= 11 is 0. The van der Waals surface area contributed by atoms with Crippen molar-refractivity contribution in [2.45, 2.75) is 26.3 Å². The molecule has 1 aromatic carbocycles. The van der Waals surface area contributed by atoms with Crippen LogP contribution in [0.15, 0.2) is 24.3 Å². The Morgan fingerprint density at radius 2 is 1.68 bits per heavy atom. The molecule has 4 fully saturated rings. The maximum Gasteiger partial charge on any atom is 0.237 e. The van der Waals surface area contributed by atoms with Gasteiger partial charge in [0, 0.05) is 50.6 Å². The Hall–Kier alpha value is -1.85. The first-order valence-corrected chi connectivity index (χ1v) is 15.5. The van der Waals surface area contributed by atoms with E-state index in [1.54, 1.807) is 4.90 Å². The van der Waals surface area contributed by atoms with Gasteiger partial charge in [-0.1, -0.05) is 13.8 Å². The summed E-state index contributed by atoms with van der Waals surface area (Å²) in [6.45, 7) is 7.34. The maximum absolute atomic E-state index is 12.9. The lowest BCUT2D eigenvalue weighted by molar-refractivity contribution is -0.128. The first-order chi connectivity index (χ1) is 15.9. The number of sulfone groups is 2. The van der Waals surface area contributed by atoms with Gasteiger partial charge in [0.2, 0.25) is 5.91 Å². The van der Waals surface area contributed by atoms with Crippen molar-refractivity contribution in [3.05, 3.63) is 24.3 Å². The third-order valence-corrected chi connectivity index (χ3v) is 10.6. The first-order valence-electron chi connectivity index (χ1n) is 11.9. The van der Waals surface area contributed by atoms with Crippen LogP contribution in [0.1, 0.15) is 20.3 Å². The molecule has 2 atom stereocenters. The predicted molar refractivity (Wildman–Crippen MR) is 135 cm³/mol. The summed E-state index contributed by atoms with van der Waals surface area (Å²) in [6, 6.07) is 8.31. The number of fused-ring (bicyclic) bond motifs is 4. The van der Waals surface area contributed by atoms with Crippen LogP contribution in [0.5, 0.6) is 0 Å². The fraction of sp³-hybridized carbons (Fsp3) is 0.696. The van der Waals surface area contributed by atoms with Crippen LogP contribution in [0.2, 0.25) is 0 Å². The highest BCUT2D eigenvalue weighted by atomic mass is 32.2. The van der Waals surface area contributed by atoms with Crippen molar-refractivity contribution in [3.63, 3.8) is 0 Å². The molecule has 4 aliphatic heterocycles. The highest BCUT2D eigenvalue weighted by molar-refractivity contribution is 7.92. The molecular formula is C23H36N4O5S2. The van der Waals surface area contributed by atoms with E-state index in [1.807, 2.05) is 12.1 Å². The molecule has 2 N–H and O–H groups in total. The summed E-state index contributed by atoms with van der Waals surface area (Å²) in [6.07, 6.45) is 0.980. The fourth-order valence-electron chi connectivity index (χ4n) is 5.68. The number of hydrogen-bond donors (Lipinski definition) is 1. The SMILES string of the molecule is CC1(C)C[C@@H]2CN(C(=O)CS(=O)(=O)CCN)C[C@H]1N(c1ccc(N3CCS(=O)(=O)CC3)cc1)C2. The fourth-order valence-corrected chi connectivity index (χ4v) is 7.94. The van der Waals surface area contributed by atoms with E-state index < -0.39 is 25.4 Å². The van der Waals surface area contributed by atoms with Gasteiger partial charge in [-0.25, -0.2) is 16.8 Å². The van der Waals surface area contributed by atoms with Gasteiger partial charge in [0.05, 0.1) is 23.3 Å². The lowest BCUT2D eigenvalue weighted by atomic mass is 9.73. The van der Waals surface area contributed by atoms with E-state index in [0.717, 1.165) is 24.3 Å². The lowest BCUT2D eigenvalue weighted by Gasteiger charge is -2.48. The van der Waals surface area contributed by atoms with Gasteiger partial charge in [-0.3, -0.25) is 4.79 Å². The molecule has 5 rings (SSSR count). The summed E-state index contributed by atoms with van der Waals surface area (Å²) in [5.41, 5.74) is 7.45. The zero-order valence-corrected chi connectivity index (χ0v) is 21.7. The molecule has 4 aliphatic rings. The van der Waals surface area contributed by atoms with Crippen LogP contribution >= 0.6 is 0 Å². The van der Waals surface area contributed by atoms with Crippen molar-refractivity contribution < 1.29 is 21.6 Å². The number of amides is 1. The summed E-state index contributed by atoms with van der Waals surface area (Å²) in [5, 5.41) is 0. The molecule has 0 unspecified atom stereocenters. The maximum atomic E-state index is 12.9. The van der Waals surface area contributed by atoms with Gasteiger partial charge in [-0.05, 0) is 42.0 Å². The summed E-state index contributed by atoms with van der Waals surface area (Å²) in [4.78, 5) is 19.1. The summed E-state index contributed by atoms with van der Waals surface area (Å²) < 4.78 is 47.8. The molecule has 0 aromatic heterocycles. The summed E-state index contributed by atoms with van der Waals surface area (Å²) in [5.74, 6) is -0.371. The largest absolute Gasteiger partial charge is 0.369 e. The molecule has 4 heterocycles. The number of anilines is 2. The number of piperidine rings is 1. The van der Waals surface area contributed by atoms with E-state index in [9.17, 15) is 21.6 Å². The molecular weight excluding hydrogens is 476 g/mol. The van der Waals surface area contributed by atoms with Gasteiger partial charge in [-0.15, -0.1) is 0 Å². The molecule has 0 saturated carbocycles. The lowest BCUT2D eigenvalue weighted by Crippen LogP contribution is -2.54. The van der Waals surface area contributed by atoms with Crippen LogP contribution < -0.4 is 15.5 Å². The van der Waals surface area contributed by atoms with Gasteiger partial charge < -0.3 is 20.4 Å². The first kappa shape index (κ1) is 25.2. The number of rotatable bonds is 6. The van der Waals surface area contributed by atoms with Crippen molar-refractivity contribution in [2.75, 3.05) is 72.1 Å². The Bertz CT molecular complexity index is 1100. The van der Waals surface area contributed by atoms with Gasteiger partial charge in [-0.2, -0.15) is 0 Å². The average Bonchev–Trinajstić information content (AvgIpc) is 3.01. The molecule has 11 heteroatoms. The second-order valence-corrected chi connectivity index (χ2v) is 15.0. The Balaban J connectivity index is 1.51. The Labute approximate surface area is 203 Å². The minimum absolute atomic E-state index is 0.0188. The minimum atomic E-state index is -3.50. The highest BCUT2D eigenvalue weighted by Crippen LogP contribution is 2.43. The van der Waals surface area contributed by atoms with Crippen LogP contribution in [0.25, 0.3) is 0 Å². The van der Waals surface area contributed by atoms with Gasteiger partial charge in [0.1, 0.15) is 5.75 Å². The molecule has 0 aliphatic carbocycles. The van der Waals surface area contributed by atoms with Crippen molar-refractivity contribution in [3.8, 4) is 0 Å². The molecule has 4 saturated heterocycles. The van der Waals surface area contributed by atoms with E-state index in [-0.39, 0.29) is 47.1 Å². The molecule has 9 nitrogen and oxygen atoms in total. The van der Waals surface area contributed by atoms with Crippen LogP contribution in [0.3, 0.4) is 0 Å². The zero-order valence-electron chi connectivity index (χ0n) is 20.0. The van der Waals surface area contributed by atoms with E-state index in [1.165, 1.54) is 0 Å². The molecule has 34 heavy (non-hydrogen) atoms. The van der Waals surface area contributed by atoms with Gasteiger partial charge in [0.25, 0.3) is 0 Å². The number of carbonyl (C=O) groups is 1. The molecule has 0 spiro atoms.